The number of nitrogens with one attached hydrogen (secondary N) is 1. The molecule has 0 aliphatic heterocycles. The Morgan fingerprint density at radius 3 is 2.09 bits per heavy atom. The summed E-state index contributed by atoms with van der Waals surface area (Å²) in [5.74, 6) is -1.13. The van der Waals surface area contributed by atoms with E-state index in [-0.39, 0.29) is 36.1 Å². The lowest BCUT2D eigenvalue weighted by Gasteiger charge is -2.34. The summed E-state index contributed by atoms with van der Waals surface area (Å²) in [5, 5.41) is 2.91. The molecule has 0 aromatic heterocycles. The fraction of sp³-hybridized carbons (Fsp3) is 0.257. The van der Waals surface area contributed by atoms with E-state index in [1.807, 2.05) is 37.3 Å². The summed E-state index contributed by atoms with van der Waals surface area (Å²) in [4.78, 5) is 29.5. The van der Waals surface area contributed by atoms with Gasteiger partial charge in [-0.1, -0.05) is 79.7 Å². The van der Waals surface area contributed by atoms with Gasteiger partial charge in [-0.15, -0.1) is 0 Å². The molecule has 8 nitrogen and oxygen atoms in total. The smallest absolute Gasteiger partial charge is 0.264 e. The van der Waals surface area contributed by atoms with Crippen molar-refractivity contribution in [2.24, 2.45) is 0 Å². The molecule has 0 fully saturated rings. The lowest BCUT2D eigenvalue weighted by atomic mass is 10.0. The monoisotopic (exact) mass is 631 g/mol. The van der Waals surface area contributed by atoms with Crippen LogP contribution in [0.4, 0.5) is 10.1 Å². The number of para-hydroxylation sites is 2. The predicted octanol–water partition coefficient (Wildman–Crippen LogP) is 5.59. The van der Waals surface area contributed by atoms with Crippen molar-refractivity contribution >= 4 is 27.5 Å². The van der Waals surface area contributed by atoms with Crippen LogP contribution in [0.15, 0.2) is 114 Å². The van der Waals surface area contributed by atoms with Gasteiger partial charge in [0.05, 0.1) is 17.2 Å². The number of nitrogens with zero attached hydrogens (tertiary/aromatic N) is 2. The quantitative estimate of drug-likeness (QED) is 0.185. The number of amides is 2. The Hall–Kier alpha value is -4.70. The Bertz CT molecular complexity index is 1650. The van der Waals surface area contributed by atoms with Gasteiger partial charge >= 0.3 is 0 Å². The highest BCUT2D eigenvalue weighted by Gasteiger charge is 2.35. The van der Waals surface area contributed by atoms with Crippen molar-refractivity contribution in [3.05, 3.63) is 126 Å². The zero-order chi connectivity index (χ0) is 32.2. The lowest BCUT2D eigenvalue weighted by Crippen LogP contribution is -2.53. The van der Waals surface area contributed by atoms with E-state index in [1.165, 1.54) is 29.2 Å². The normalized spacial score (nSPS) is 11.8. The van der Waals surface area contributed by atoms with E-state index in [0.717, 1.165) is 9.87 Å². The molecule has 0 spiro atoms. The number of sulfonamides is 1. The van der Waals surface area contributed by atoms with Crippen molar-refractivity contribution in [1.82, 2.24) is 10.2 Å². The fourth-order valence-corrected chi connectivity index (χ4v) is 6.33. The van der Waals surface area contributed by atoms with Crippen LogP contribution in [-0.2, 0) is 32.6 Å². The Labute approximate surface area is 264 Å². The van der Waals surface area contributed by atoms with E-state index in [1.54, 1.807) is 61.5 Å². The van der Waals surface area contributed by atoms with Crippen LogP contribution in [0.1, 0.15) is 31.4 Å². The van der Waals surface area contributed by atoms with Crippen molar-refractivity contribution < 1.29 is 27.1 Å². The minimum Gasteiger partial charge on any atom is -0.492 e. The highest BCUT2D eigenvalue weighted by molar-refractivity contribution is 7.92. The zero-order valence-electron chi connectivity index (χ0n) is 25.4. The third-order valence-electron chi connectivity index (χ3n) is 7.13. The molecule has 0 bridgehead atoms. The second-order valence-corrected chi connectivity index (χ2v) is 12.2. The molecule has 1 atom stereocenters. The molecular weight excluding hydrogens is 593 g/mol. The maximum atomic E-state index is 14.5. The molecule has 10 heteroatoms. The summed E-state index contributed by atoms with van der Waals surface area (Å²) in [7, 11) is -4.27. The zero-order valence-corrected chi connectivity index (χ0v) is 26.3. The van der Waals surface area contributed by atoms with Gasteiger partial charge in [0, 0.05) is 19.5 Å². The summed E-state index contributed by atoms with van der Waals surface area (Å²) in [6.45, 7) is 3.72. The van der Waals surface area contributed by atoms with E-state index in [4.69, 9.17) is 4.74 Å². The first-order chi connectivity index (χ1) is 21.7. The highest BCUT2D eigenvalue weighted by atomic mass is 32.2. The van der Waals surface area contributed by atoms with E-state index in [2.05, 4.69) is 5.32 Å². The third-order valence-corrected chi connectivity index (χ3v) is 8.90. The first kappa shape index (κ1) is 33.2. The number of rotatable bonds is 15. The van der Waals surface area contributed by atoms with Crippen LogP contribution in [0.3, 0.4) is 0 Å². The molecule has 4 aromatic carbocycles. The topological polar surface area (TPSA) is 96.0 Å². The summed E-state index contributed by atoms with van der Waals surface area (Å²) in [5.41, 5.74) is 1.59. The number of ether oxygens (including phenoxy) is 1. The molecule has 0 saturated carbocycles. The first-order valence-electron chi connectivity index (χ1n) is 14.9. The average Bonchev–Trinajstić information content (AvgIpc) is 3.06. The van der Waals surface area contributed by atoms with Gasteiger partial charge in [-0.3, -0.25) is 13.9 Å². The molecule has 0 saturated heterocycles. The van der Waals surface area contributed by atoms with Crippen LogP contribution >= 0.6 is 0 Å². The third kappa shape index (κ3) is 8.69. The molecule has 4 rings (SSSR count). The fourth-order valence-electron chi connectivity index (χ4n) is 4.88. The highest BCUT2D eigenvalue weighted by Crippen LogP contribution is 2.33. The maximum Gasteiger partial charge on any atom is 0.264 e. The number of hydrogen-bond acceptors (Lipinski definition) is 5. The molecule has 4 aromatic rings. The largest absolute Gasteiger partial charge is 0.492 e. The average molecular weight is 632 g/mol. The lowest BCUT2D eigenvalue weighted by molar-refractivity contribution is -0.140. The Balaban J connectivity index is 1.82. The number of halogens is 1. The van der Waals surface area contributed by atoms with Gasteiger partial charge < -0.3 is 15.0 Å². The summed E-state index contributed by atoms with van der Waals surface area (Å²) in [6.07, 6.45) is 0.872. The standard InChI is InChI=1S/C35H38FN3O5S/c1-3-23-37-35(41)32(24-27-13-7-5-8-14-27)38(25-28-19-21-29(36)22-20-28)34(40)26-39(31-17-11-12-18-33(31)44-4-2)45(42,43)30-15-9-6-10-16-30/h5-22,32H,3-4,23-26H2,1-2H3,(H,37,41)/t32-/m1/s1. The molecule has 2 amide bonds. The van der Waals surface area contributed by atoms with Gasteiger partial charge in [-0.25, -0.2) is 12.8 Å². The van der Waals surface area contributed by atoms with Crippen molar-refractivity contribution in [2.75, 3.05) is 24.0 Å². The molecule has 0 aliphatic rings. The van der Waals surface area contributed by atoms with Crippen LogP contribution < -0.4 is 14.4 Å². The Morgan fingerprint density at radius 1 is 0.822 bits per heavy atom. The van der Waals surface area contributed by atoms with Gasteiger partial charge in [0.1, 0.15) is 24.2 Å². The van der Waals surface area contributed by atoms with E-state index < -0.39 is 34.3 Å². The molecule has 236 valence electrons. The van der Waals surface area contributed by atoms with E-state index >= 15 is 0 Å². The minimum absolute atomic E-state index is 0.00397. The number of carbonyl (C=O) groups excluding carboxylic acids is 2. The maximum absolute atomic E-state index is 14.5. The van der Waals surface area contributed by atoms with Crippen LogP contribution in [0, 0.1) is 5.82 Å². The van der Waals surface area contributed by atoms with Crippen LogP contribution in [0.2, 0.25) is 0 Å². The SMILES string of the molecule is CCCNC(=O)[C@@H](Cc1ccccc1)N(Cc1ccc(F)cc1)C(=O)CN(c1ccccc1OCC)S(=O)(=O)c1ccccc1. The number of hydrogen-bond donors (Lipinski definition) is 1. The van der Waals surface area contributed by atoms with Gasteiger partial charge in [0.15, 0.2) is 0 Å². The number of benzene rings is 4. The molecule has 0 radical (unpaired) electrons. The Kier molecular flexibility index (Phi) is 11.7. The van der Waals surface area contributed by atoms with E-state index in [9.17, 15) is 22.4 Å². The van der Waals surface area contributed by atoms with Gasteiger partial charge in [-0.05, 0) is 60.9 Å². The molecule has 0 unspecified atom stereocenters. The second kappa shape index (κ2) is 15.9. The van der Waals surface area contributed by atoms with Crippen molar-refractivity contribution in [3.63, 3.8) is 0 Å². The van der Waals surface area contributed by atoms with Crippen molar-refractivity contribution in [2.45, 2.75) is 44.2 Å². The van der Waals surface area contributed by atoms with Crippen molar-refractivity contribution in [3.8, 4) is 5.75 Å². The van der Waals surface area contributed by atoms with E-state index in [0.29, 0.717) is 24.3 Å². The molecule has 45 heavy (non-hydrogen) atoms. The second-order valence-electron chi connectivity index (χ2n) is 10.4. The summed E-state index contributed by atoms with van der Waals surface area (Å²) in [6, 6.07) is 28.4. The van der Waals surface area contributed by atoms with Gasteiger partial charge in [-0.2, -0.15) is 0 Å². The molecule has 0 aliphatic carbocycles. The summed E-state index contributed by atoms with van der Waals surface area (Å²) < 4.78 is 48.9. The van der Waals surface area contributed by atoms with Crippen LogP contribution in [0.5, 0.6) is 5.75 Å². The van der Waals surface area contributed by atoms with Gasteiger partial charge in [0.2, 0.25) is 11.8 Å². The number of carbonyl (C=O) groups is 2. The minimum atomic E-state index is -4.27. The molecule has 1 N–H and O–H groups in total. The van der Waals surface area contributed by atoms with Crippen LogP contribution in [-0.4, -0.2) is 50.9 Å². The van der Waals surface area contributed by atoms with Crippen LogP contribution in [0.25, 0.3) is 0 Å². The molecular formula is C35H38FN3O5S. The predicted molar refractivity (Wildman–Crippen MR) is 173 cm³/mol. The Morgan fingerprint density at radius 2 is 1.44 bits per heavy atom. The van der Waals surface area contributed by atoms with Gasteiger partial charge in [0.25, 0.3) is 10.0 Å². The summed E-state index contributed by atoms with van der Waals surface area (Å²) >= 11 is 0. The van der Waals surface area contributed by atoms with Crippen molar-refractivity contribution in [1.29, 1.82) is 0 Å². The molecule has 0 heterocycles. The number of anilines is 1. The first-order valence-corrected chi connectivity index (χ1v) is 16.3.